The van der Waals surface area contributed by atoms with E-state index in [1.807, 2.05) is 37.3 Å². The molecule has 1 amide bonds. The molecule has 4 heteroatoms. The van der Waals surface area contributed by atoms with E-state index in [2.05, 4.69) is 28.5 Å². The third-order valence-electron chi connectivity index (χ3n) is 5.25. The van der Waals surface area contributed by atoms with Crippen molar-refractivity contribution in [3.05, 3.63) is 65.4 Å². The molecule has 0 radical (unpaired) electrons. The number of H-pyrrole nitrogens is 1. The van der Waals surface area contributed by atoms with Crippen LogP contribution in [0.5, 0.6) is 5.75 Å². The predicted octanol–water partition coefficient (Wildman–Crippen LogP) is 4.29. The SMILES string of the molecule is COc1ccc(C(NC(=O)Cc2c(C)[nH]c3ccccc23)C2CC2)cc1. The Morgan fingerprint density at radius 3 is 2.62 bits per heavy atom. The van der Waals surface area contributed by atoms with Crippen LogP contribution in [0.3, 0.4) is 0 Å². The third kappa shape index (κ3) is 3.32. The monoisotopic (exact) mass is 348 g/mol. The number of benzene rings is 2. The van der Waals surface area contributed by atoms with Crippen LogP contribution >= 0.6 is 0 Å². The number of rotatable bonds is 6. The highest BCUT2D eigenvalue weighted by Gasteiger charge is 2.33. The second kappa shape index (κ2) is 6.87. The Hall–Kier alpha value is -2.75. The molecule has 4 rings (SSSR count). The first kappa shape index (κ1) is 16.7. The first-order valence-corrected chi connectivity index (χ1v) is 9.15. The van der Waals surface area contributed by atoms with E-state index in [1.54, 1.807) is 7.11 Å². The summed E-state index contributed by atoms with van der Waals surface area (Å²) in [5, 5.41) is 4.40. The third-order valence-corrected chi connectivity index (χ3v) is 5.25. The molecular weight excluding hydrogens is 324 g/mol. The maximum atomic E-state index is 12.8. The van der Waals surface area contributed by atoms with Crippen LogP contribution < -0.4 is 10.1 Å². The number of carbonyl (C=O) groups excluding carboxylic acids is 1. The molecule has 0 spiro atoms. The van der Waals surface area contributed by atoms with E-state index in [0.29, 0.717) is 12.3 Å². The first-order chi connectivity index (χ1) is 12.7. The molecule has 2 N–H and O–H groups in total. The quantitative estimate of drug-likeness (QED) is 0.698. The summed E-state index contributed by atoms with van der Waals surface area (Å²) in [5.74, 6) is 1.45. The zero-order chi connectivity index (χ0) is 18.1. The van der Waals surface area contributed by atoms with Crippen molar-refractivity contribution in [1.29, 1.82) is 0 Å². The predicted molar refractivity (Wildman–Crippen MR) is 103 cm³/mol. The van der Waals surface area contributed by atoms with Gasteiger partial charge in [-0.1, -0.05) is 30.3 Å². The lowest BCUT2D eigenvalue weighted by Gasteiger charge is -2.19. The lowest BCUT2D eigenvalue weighted by Crippen LogP contribution is -2.31. The largest absolute Gasteiger partial charge is 0.497 e. The minimum absolute atomic E-state index is 0.0746. The summed E-state index contributed by atoms with van der Waals surface area (Å²) in [4.78, 5) is 16.2. The number of fused-ring (bicyclic) bond motifs is 1. The highest BCUT2D eigenvalue weighted by atomic mass is 16.5. The van der Waals surface area contributed by atoms with Gasteiger partial charge >= 0.3 is 0 Å². The van der Waals surface area contributed by atoms with E-state index in [0.717, 1.165) is 33.5 Å². The maximum Gasteiger partial charge on any atom is 0.225 e. The number of methoxy groups -OCH3 is 1. The molecule has 1 heterocycles. The average molecular weight is 348 g/mol. The summed E-state index contributed by atoms with van der Waals surface area (Å²) in [5.41, 5.74) is 4.38. The number of nitrogens with one attached hydrogen (secondary N) is 2. The molecule has 1 aromatic heterocycles. The molecule has 1 saturated carbocycles. The number of carbonyl (C=O) groups is 1. The zero-order valence-electron chi connectivity index (χ0n) is 15.2. The summed E-state index contributed by atoms with van der Waals surface area (Å²) < 4.78 is 5.24. The van der Waals surface area contributed by atoms with Gasteiger partial charge in [-0.2, -0.15) is 0 Å². The van der Waals surface area contributed by atoms with Crippen LogP contribution in [0.1, 0.15) is 35.7 Å². The van der Waals surface area contributed by atoms with Crippen molar-refractivity contribution in [1.82, 2.24) is 10.3 Å². The molecule has 26 heavy (non-hydrogen) atoms. The second-order valence-electron chi connectivity index (χ2n) is 7.11. The van der Waals surface area contributed by atoms with Crippen LogP contribution in [0.2, 0.25) is 0 Å². The van der Waals surface area contributed by atoms with Crippen molar-refractivity contribution in [2.75, 3.05) is 7.11 Å². The smallest absolute Gasteiger partial charge is 0.225 e. The van der Waals surface area contributed by atoms with E-state index in [1.165, 1.54) is 12.8 Å². The number of aromatic nitrogens is 1. The van der Waals surface area contributed by atoms with Crippen LogP contribution in [0, 0.1) is 12.8 Å². The van der Waals surface area contributed by atoms with E-state index in [-0.39, 0.29) is 11.9 Å². The molecule has 0 aliphatic heterocycles. The second-order valence-corrected chi connectivity index (χ2v) is 7.11. The van der Waals surface area contributed by atoms with Gasteiger partial charge in [0.2, 0.25) is 5.91 Å². The van der Waals surface area contributed by atoms with Gasteiger partial charge in [0.25, 0.3) is 0 Å². The summed E-state index contributed by atoms with van der Waals surface area (Å²) in [7, 11) is 1.67. The van der Waals surface area contributed by atoms with Gasteiger partial charge in [0.05, 0.1) is 19.6 Å². The minimum Gasteiger partial charge on any atom is -0.497 e. The Bertz CT molecular complexity index is 923. The molecule has 2 aromatic carbocycles. The number of ether oxygens (including phenoxy) is 1. The van der Waals surface area contributed by atoms with Gasteiger partial charge in [-0.3, -0.25) is 4.79 Å². The highest BCUT2D eigenvalue weighted by Crippen LogP contribution is 2.41. The first-order valence-electron chi connectivity index (χ1n) is 9.15. The zero-order valence-corrected chi connectivity index (χ0v) is 15.2. The van der Waals surface area contributed by atoms with Crippen LogP contribution in [0.15, 0.2) is 48.5 Å². The molecule has 0 saturated heterocycles. The highest BCUT2D eigenvalue weighted by molar-refractivity contribution is 5.90. The molecule has 0 bridgehead atoms. The van der Waals surface area contributed by atoms with Crippen molar-refractivity contribution < 1.29 is 9.53 Å². The van der Waals surface area contributed by atoms with E-state index in [4.69, 9.17) is 4.74 Å². The van der Waals surface area contributed by atoms with Gasteiger partial charge in [0.1, 0.15) is 5.75 Å². The molecule has 1 unspecified atom stereocenters. The van der Waals surface area contributed by atoms with Crippen molar-refractivity contribution in [2.45, 2.75) is 32.2 Å². The molecule has 4 nitrogen and oxygen atoms in total. The normalized spacial score (nSPS) is 15.0. The Kier molecular flexibility index (Phi) is 4.41. The number of hydrogen-bond acceptors (Lipinski definition) is 2. The van der Waals surface area contributed by atoms with Crippen LogP contribution in [-0.2, 0) is 11.2 Å². The van der Waals surface area contributed by atoms with Crippen molar-refractivity contribution in [3.63, 3.8) is 0 Å². The topological polar surface area (TPSA) is 54.1 Å². The molecule has 1 atom stereocenters. The Labute approximate surface area is 153 Å². The fourth-order valence-electron chi connectivity index (χ4n) is 3.66. The number of hydrogen-bond donors (Lipinski definition) is 2. The van der Waals surface area contributed by atoms with Gasteiger partial charge in [-0.25, -0.2) is 0 Å². The number of amides is 1. The molecule has 1 aliphatic rings. The van der Waals surface area contributed by atoms with Crippen molar-refractivity contribution in [3.8, 4) is 5.75 Å². The molecule has 1 aliphatic carbocycles. The number of aromatic amines is 1. The average Bonchev–Trinajstić information content (AvgIpc) is 3.45. The summed E-state index contributed by atoms with van der Waals surface area (Å²) >= 11 is 0. The fraction of sp³-hybridized carbons (Fsp3) is 0.318. The molecule has 3 aromatic rings. The minimum atomic E-state index is 0.0746. The summed E-state index contributed by atoms with van der Waals surface area (Å²) in [6.07, 6.45) is 2.74. The van der Waals surface area contributed by atoms with E-state index < -0.39 is 0 Å². The standard InChI is InChI=1S/C22H24N2O2/c1-14-19(18-5-3-4-6-20(18)23-14)13-21(25)24-22(15-7-8-15)16-9-11-17(26-2)12-10-16/h3-6,9-12,15,22-23H,7-8,13H2,1-2H3,(H,24,25). The van der Waals surface area contributed by atoms with Crippen LogP contribution in [0.4, 0.5) is 0 Å². The van der Waals surface area contributed by atoms with Gasteiger partial charge in [0.15, 0.2) is 0 Å². The number of aryl methyl sites for hydroxylation is 1. The summed E-state index contributed by atoms with van der Waals surface area (Å²) in [6.45, 7) is 2.03. The molecular formula is C22H24N2O2. The molecule has 134 valence electrons. The lowest BCUT2D eigenvalue weighted by atomic mass is 10.0. The van der Waals surface area contributed by atoms with Gasteiger partial charge in [-0.05, 0) is 55.0 Å². The summed E-state index contributed by atoms with van der Waals surface area (Å²) in [6, 6.07) is 16.3. The number of para-hydroxylation sites is 1. The van der Waals surface area contributed by atoms with Crippen LogP contribution in [-0.4, -0.2) is 18.0 Å². The van der Waals surface area contributed by atoms with Gasteiger partial charge < -0.3 is 15.0 Å². The molecule has 1 fully saturated rings. The Morgan fingerprint density at radius 1 is 1.19 bits per heavy atom. The van der Waals surface area contributed by atoms with Crippen LogP contribution in [0.25, 0.3) is 10.9 Å². The maximum absolute atomic E-state index is 12.8. The van der Waals surface area contributed by atoms with Gasteiger partial charge in [-0.15, -0.1) is 0 Å². The Morgan fingerprint density at radius 2 is 1.92 bits per heavy atom. The van der Waals surface area contributed by atoms with Gasteiger partial charge in [0, 0.05) is 16.6 Å². The Balaban J connectivity index is 1.52. The van der Waals surface area contributed by atoms with Crippen molar-refractivity contribution >= 4 is 16.8 Å². The van der Waals surface area contributed by atoms with E-state index >= 15 is 0 Å². The fourth-order valence-corrected chi connectivity index (χ4v) is 3.66. The van der Waals surface area contributed by atoms with Crippen molar-refractivity contribution in [2.24, 2.45) is 5.92 Å². The van der Waals surface area contributed by atoms with E-state index in [9.17, 15) is 4.79 Å². The lowest BCUT2D eigenvalue weighted by molar-refractivity contribution is -0.121.